The minimum Gasteiger partial charge on any atom is -0.207 e. The molecule has 0 unspecified atom stereocenters. The van der Waals surface area contributed by atoms with E-state index in [1.54, 1.807) is 16.4 Å². The average Bonchev–Trinajstić information content (AvgIpc) is 2.25. The van der Waals surface area contributed by atoms with Crippen molar-refractivity contribution in [2.75, 3.05) is 6.54 Å². The lowest BCUT2D eigenvalue weighted by atomic mass is 9.50. The van der Waals surface area contributed by atoms with E-state index in [4.69, 9.17) is 6.42 Å². The van der Waals surface area contributed by atoms with Crippen LogP contribution in [0, 0.1) is 25.2 Å². The number of hydrogen-bond acceptors (Lipinski definition) is 2. The van der Waals surface area contributed by atoms with E-state index in [0.29, 0.717) is 10.8 Å². The Labute approximate surface area is 114 Å². The molecule has 0 spiro atoms. The van der Waals surface area contributed by atoms with Crippen molar-refractivity contribution in [3.05, 3.63) is 29.8 Å². The van der Waals surface area contributed by atoms with E-state index < -0.39 is 10.0 Å². The lowest BCUT2D eigenvalue weighted by Gasteiger charge is -2.65. The molecule has 3 aliphatic carbocycles. The maximum atomic E-state index is 12.7. The van der Waals surface area contributed by atoms with E-state index in [1.807, 2.05) is 19.1 Å². The monoisotopic (exact) mass is 275 g/mol. The molecule has 2 bridgehead atoms. The van der Waals surface area contributed by atoms with E-state index in [1.165, 1.54) is 0 Å². The second-order valence-electron chi connectivity index (χ2n) is 5.73. The fourth-order valence-corrected chi connectivity index (χ4v) is 4.88. The van der Waals surface area contributed by atoms with Gasteiger partial charge in [0.1, 0.15) is 0 Å². The van der Waals surface area contributed by atoms with E-state index in [-0.39, 0.29) is 12.1 Å². The molecule has 0 heterocycles. The molecule has 4 rings (SSSR count). The Morgan fingerprint density at radius 1 is 1.32 bits per heavy atom. The van der Waals surface area contributed by atoms with Crippen molar-refractivity contribution in [1.29, 1.82) is 0 Å². The maximum Gasteiger partial charge on any atom is 0.244 e. The fraction of sp³-hybridized carbons (Fsp3) is 0.467. The van der Waals surface area contributed by atoms with Crippen LogP contribution in [0.4, 0.5) is 0 Å². The Balaban J connectivity index is 1.97. The van der Waals surface area contributed by atoms with Crippen LogP contribution < -0.4 is 0 Å². The Kier molecular flexibility index (Phi) is 2.74. The van der Waals surface area contributed by atoms with Crippen molar-refractivity contribution in [3.8, 4) is 12.3 Å². The van der Waals surface area contributed by atoms with Crippen LogP contribution in [0.3, 0.4) is 0 Å². The molecule has 0 saturated heterocycles. The molecule has 0 aliphatic heterocycles. The summed E-state index contributed by atoms with van der Waals surface area (Å²) >= 11 is 0. The highest BCUT2D eigenvalue weighted by atomic mass is 32.2. The smallest absolute Gasteiger partial charge is 0.207 e. The summed E-state index contributed by atoms with van der Waals surface area (Å²) in [7, 11) is -3.47. The van der Waals surface area contributed by atoms with Gasteiger partial charge in [-0.15, -0.1) is 6.42 Å². The fourth-order valence-electron chi connectivity index (χ4n) is 3.17. The number of aryl methyl sites for hydroxylation is 1. The third kappa shape index (κ3) is 1.80. The molecule has 4 heteroatoms. The van der Waals surface area contributed by atoms with Crippen LogP contribution in [-0.2, 0) is 10.0 Å². The van der Waals surface area contributed by atoms with E-state index >= 15 is 0 Å². The van der Waals surface area contributed by atoms with Crippen LogP contribution in [0.15, 0.2) is 29.2 Å². The van der Waals surface area contributed by atoms with Gasteiger partial charge in [0.05, 0.1) is 11.4 Å². The average molecular weight is 275 g/mol. The summed E-state index contributed by atoms with van der Waals surface area (Å²) < 4.78 is 27.0. The Morgan fingerprint density at radius 3 is 2.32 bits per heavy atom. The van der Waals surface area contributed by atoms with Gasteiger partial charge >= 0.3 is 0 Å². The van der Waals surface area contributed by atoms with Crippen molar-refractivity contribution < 1.29 is 8.42 Å². The molecule has 3 nitrogen and oxygen atoms in total. The van der Waals surface area contributed by atoms with E-state index in [9.17, 15) is 8.42 Å². The summed E-state index contributed by atoms with van der Waals surface area (Å²) in [6, 6.07) is 6.98. The summed E-state index contributed by atoms with van der Waals surface area (Å²) in [5, 5.41) is 0. The number of hydrogen-bond donors (Lipinski definition) is 0. The van der Waals surface area contributed by atoms with Crippen LogP contribution in [0.1, 0.15) is 24.8 Å². The first-order valence-electron chi connectivity index (χ1n) is 6.51. The zero-order chi connectivity index (χ0) is 13.7. The molecule has 1 aromatic rings. The van der Waals surface area contributed by atoms with Crippen LogP contribution >= 0.6 is 0 Å². The zero-order valence-corrected chi connectivity index (χ0v) is 11.8. The quantitative estimate of drug-likeness (QED) is 0.790. The Hall–Kier alpha value is -1.31. The van der Waals surface area contributed by atoms with Crippen molar-refractivity contribution in [3.63, 3.8) is 0 Å². The summed E-state index contributed by atoms with van der Waals surface area (Å²) in [4.78, 5) is 0.345. The molecular weight excluding hydrogens is 258 g/mol. The van der Waals surface area contributed by atoms with E-state index in [2.05, 4.69) is 5.92 Å². The first-order chi connectivity index (χ1) is 8.98. The number of benzene rings is 1. The highest BCUT2D eigenvalue weighted by Crippen LogP contribution is 2.61. The molecule has 100 valence electrons. The predicted molar refractivity (Wildman–Crippen MR) is 74.0 cm³/mol. The van der Waals surface area contributed by atoms with Gasteiger partial charge in [-0.25, -0.2) is 8.42 Å². The maximum absolute atomic E-state index is 12.7. The molecule has 19 heavy (non-hydrogen) atoms. The highest BCUT2D eigenvalue weighted by Gasteiger charge is 2.62. The molecule has 3 fully saturated rings. The first kappa shape index (κ1) is 12.7. The second kappa shape index (κ2) is 4.09. The van der Waals surface area contributed by atoms with Gasteiger partial charge in [-0.2, -0.15) is 4.31 Å². The van der Waals surface area contributed by atoms with Crippen LogP contribution in [0.25, 0.3) is 0 Å². The minimum absolute atomic E-state index is 0.170. The van der Waals surface area contributed by atoms with Gasteiger partial charge in [-0.05, 0) is 44.2 Å². The predicted octanol–water partition coefficient (Wildman–Crippen LogP) is 2.17. The molecule has 0 atom stereocenters. The summed E-state index contributed by atoms with van der Waals surface area (Å²) in [6.07, 6.45) is 8.28. The van der Waals surface area contributed by atoms with Crippen LogP contribution in [0.2, 0.25) is 0 Å². The zero-order valence-electron chi connectivity index (χ0n) is 11.0. The third-order valence-corrected chi connectivity index (χ3v) is 6.34. The van der Waals surface area contributed by atoms with Gasteiger partial charge in [0.15, 0.2) is 0 Å². The largest absolute Gasteiger partial charge is 0.244 e. The number of nitrogens with zero attached hydrogens (tertiary/aromatic N) is 1. The molecular formula is C15H17NO2S. The Morgan fingerprint density at radius 2 is 1.89 bits per heavy atom. The van der Waals surface area contributed by atoms with Gasteiger partial charge in [0, 0.05) is 5.54 Å². The van der Waals surface area contributed by atoms with Crippen molar-refractivity contribution in [2.45, 2.75) is 36.6 Å². The number of terminal acetylenes is 1. The van der Waals surface area contributed by atoms with Gasteiger partial charge in [-0.3, -0.25) is 0 Å². The highest BCUT2D eigenvalue weighted by molar-refractivity contribution is 7.89. The third-order valence-electron chi connectivity index (χ3n) is 4.38. The SMILES string of the molecule is C#CCN(C12CC(C1)C2)S(=O)(=O)c1ccc(C)cc1. The minimum atomic E-state index is -3.47. The Bertz CT molecular complexity index is 623. The number of rotatable bonds is 4. The van der Waals surface area contributed by atoms with Gasteiger partial charge in [-0.1, -0.05) is 23.6 Å². The molecule has 0 amide bonds. The summed E-state index contributed by atoms with van der Waals surface area (Å²) in [6.45, 7) is 2.11. The van der Waals surface area contributed by atoms with Crippen molar-refractivity contribution in [1.82, 2.24) is 4.31 Å². The number of sulfonamides is 1. The normalized spacial score (nSPS) is 28.4. The first-order valence-corrected chi connectivity index (χ1v) is 7.95. The lowest BCUT2D eigenvalue weighted by Crippen LogP contribution is -2.69. The molecule has 0 N–H and O–H groups in total. The summed E-state index contributed by atoms with van der Waals surface area (Å²) in [5.74, 6) is 3.22. The van der Waals surface area contributed by atoms with Crippen LogP contribution in [0.5, 0.6) is 0 Å². The van der Waals surface area contributed by atoms with Gasteiger partial charge in [0.2, 0.25) is 10.0 Å². The van der Waals surface area contributed by atoms with Crippen molar-refractivity contribution >= 4 is 10.0 Å². The topological polar surface area (TPSA) is 37.4 Å². The second-order valence-corrected chi connectivity index (χ2v) is 7.59. The molecule has 3 aliphatic rings. The van der Waals surface area contributed by atoms with Gasteiger partial charge in [0.25, 0.3) is 0 Å². The lowest BCUT2D eigenvalue weighted by molar-refractivity contribution is -0.0998. The molecule has 3 saturated carbocycles. The molecule has 1 aromatic carbocycles. The van der Waals surface area contributed by atoms with Crippen molar-refractivity contribution in [2.24, 2.45) is 5.92 Å². The molecule has 0 radical (unpaired) electrons. The van der Waals surface area contributed by atoms with Crippen LogP contribution in [-0.4, -0.2) is 24.8 Å². The summed E-state index contributed by atoms with van der Waals surface area (Å²) in [5.41, 5.74) is 0.869. The van der Waals surface area contributed by atoms with Gasteiger partial charge < -0.3 is 0 Å². The molecule has 0 aromatic heterocycles. The van der Waals surface area contributed by atoms with E-state index in [0.717, 1.165) is 24.8 Å². The standard InChI is InChI=1S/C15H17NO2S/c1-3-8-16(15-9-13(10-15)11-15)19(17,18)14-6-4-12(2)5-7-14/h1,4-7,13H,8-11H2,2H3.